The van der Waals surface area contributed by atoms with Gasteiger partial charge in [-0.25, -0.2) is 8.78 Å². The van der Waals surface area contributed by atoms with Crippen molar-refractivity contribution in [1.29, 1.82) is 0 Å². The van der Waals surface area contributed by atoms with Crippen LogP contribution in [0.1, 0.15) is 48.0 Å². The van der Waals surface area contributed by atoms with Gasteiger partial charge in [0, 0.05) is 5.56 Å². The van der Waals surface area contributed by atoms with Gasteiger partial charge >= 0.3 is 0 Å². The van der Waals surface area contributed by atoms with Crippen LogP contribution >= 0.6 is 0 Å². The summed E-state index contributed by atoms with van der Waals surface area (Å²) >= 11 is 0. The lowest BCUT2D eigenvalue weighted by Gasteiger charge is -2.26. The molecule has 1 unspecified atom stereocenters. The first-order valence-corrected chi connectivity index (χ1v) is 6.88. The molecule has 3 rings (SSSR count). The molecule has 104 valence electrons. The molecule has 0 amide bonds. The topological polar surface area (TPSA) is 20.2 Å². The van der Waals surface area contributed by atoms with E-state index in [2.05, 4.69) is 0 Å². The van der Waals surface area contributed by atoms with Crippen LogP contribution in [0.4, 0.5) is 8.78 Å². The van der Waals surface area contributed by atoms with Crippen molar-refractivity contribution in [3.05, 3.63) is 70.8 Å². The van der Waals surface area contributed by atoms with Crippen molar-refractivity contribution >= 4 is 0 Å². The van der Waals surface area contributed by atoms with E-state index >= 15 is 0 Å². The van der Waals surface area contributed by atoms with Crippen LogP contribution < -0.4 is 0 Å². The van der Waals surface area contributed by atoms with Crippen molar-refractivity contribution < 1.29 is 13.9 Å². The summed E-state index contributed by atoms with van der Waals surface area (Å²) in [5.41, 5.74) is 1.81. The monoisotopic (exact) mass is 274 g/mol. The maximum Gasteiger partial charge on any atom is 0.164 e. The van der Waals surface area contributed by atoms with Crippen molar-refractivity contribution in [2.75, 3.05) is 0 Å². The summed E-state index contributed by atoms with van der Waals surface area (Å²) in [6, 6.07) is 11.4. The number of aliphatic hydroxyl groups is 1. The van der Waals surface area contributed by atoms with E-state index in [0.29, 0.717) is 11.5 Å². The molecule has 1 aliphatic carbocycles. The molecule has 0 saturated heterocycles. The van der Waals surface area contributed by atoms with Gasteiger partial charge in [-0.2, -0.15) is 0 Å². The Labute approximate surface area is 116 Å². The molecule has 2 aromatic carbocycles. The average molecular weight is 274 g/mol. The van der Waals surface area contributed by atoms with E-state index in [1.165, 1.54) is 37.0 Å². The van der Waals surface area contributed by atoms with Crippen molar-refractivity contribution in [3.63, 3.8) is 0 Å². The maximum atomic E-state index is 13.7. The third-order valence-electron chi connectivity index (χ3n) is 4.10. The van der Waals surface area contributed by atoms with Crippen molar-refractivity contribution in [2.45, 2.75) is 31.3 Å². The molecule has 0 bridgehead atoms. The summed E-state index contributed by atoms with van der Waals surface area (Å²) in [6.45, 7) is 0. The lowest BCUT2D eigenvalue weighted by molar-refractivity contribution is 0.213. The van der Waals surface area contributed by atoms with Gasteiger partial charge in [0.25, 0.3) is 0 Å². The Bertz CT molecular complexity index is 603. The fourth-order valence-corrected chi connectivity index (χ4v) is 2.60. The molecule has 0 aliphatic heterocycles. The molecule has 0 heterocycles. The van der Waals surface area contributed by atoms with Gasteiger partial charge in [0.15, 0.2) is 11.6 Å². The van der Waals surface area contributed by atoms with Gasteiger partial charge in [-0.05, 0) is 36.0 Å². The second-order valence-electron chi connectivity index (χ2n) is 5.34. The number of halogens is 2. The highest BCUT2D eigenvalue weighted by molar-refractivity contribution is 5.34. The van der Waals surface area contributed by atoms with Crippen molar-refractivity contribution in [3.8, 4) is 0 Å². The highest BCUT2D eigenvalue weighted by atomic mass is 19.2. The SMILES string of the molecule is OC(c1ccc(C2CCC2)cc1)c1cccc(F)c1F. The maximum absolute atomic E-state index is 13.7. The summed E-state index contributed by atoms with van der Waals surface area (Å²) in [6.07, 6.45) is 2.55. The molecule has 1 N–H and O–H groups in total. The van der Waals surface area contributed by atoms with E-state index in [-0.39, 0.29) is 5.56 Å². The minimum absolute atomic E-state index is 0.0265. The largest absolute Gasteiger partial charge is 0.384 e. The van der Waals surface area contributed by atoms with Crippen LogP contribution in [0.5, 0.6) is 0 Å². The minimum atomic E-state index is -1.14. The van der Waals surface area contributed by atoms with E-state index in [9.17, 15) is 13.9 Å². The molecule has 0 aromatic heterocycles. The zero-order valence-electron chi connectivity index (χ0n) is 11.0. The molecule has 0 spiro atoms. The predicted molar refractivity (Wildman–Crippen MR) is 73.5 cm³/mol. The summed E-state index contributed by atoms with van der Waals surface area (Å²) < 4.78 is 26.9. The standard InChI is InChI=1S/C17H16F2O/c18-15-6-2-5-14(16(15)19)17(20)13-9-7-12(8-10-13)11-3-1-4-11/h2,5-11,17,20H,1,3-4H2. The molecule has 1 saturated carbocycles. The molecule has 2 aromatic rings. The second-order valence-corrected chi connectivity index (χ2v) is 5.34. The molecular weight excluding hydrogens is 258 g/mol. The van der Waals surface area contributed by atoms with Gasteiger partial charge in [-0.1, -0.05) is 42.8 Å². The van der Waals surface area contributed by atoms with Gasteiger partial charge in [0.2, 0.25) is 0 Å². The number of benzene rings is 2. The Kier molecular flexibility index (Phi) is 3.53. The molecule has 3 heteroatoms. The predicted octanol–water partition coefficient (Wildman–Crippen LogP) is 4.31. The van der Waals surface area contributed by atoms with E-state index in [1.54, 1.807) is 12.1 Å². The first kappa shape index (κ1) is 13.3. The normalized spacial score (nSPS) is 16.8. The van der Waals surface area contributed by atoms with E-state index in [1.807, 2.05) is 12.1 Å². The third-order valence-corrected chi connectivity index (χ3v) is 4.10. The molecule has 1 atom stereocenters. The zero-order chi connectivity index (χ0) is 14.1. The fourth-order valence-electron chi connectivity index (χ4n) is 2.60. The van der Waals surface area contributed by atoms with Crippen LogP contribution in [0.15, 0.2) is 42.5 Å². The van der Waals surface area contributed by atoms with Crippen LogP contribution in [0, 0.1) is 11.6 Å². The van der Waals surface area contributed by atoms with Gasteiger partial charge in [-0.15, -0.1) is 0 Å². The van der Waals surface area contributed by atoms with Crippen LogP contribution in [0.2, 0.25) is 0 Å². The molecule has 1 nitrogen and oxygen atoms in total. The quantitative estimate of drug-likeness (QED) is 0.884. The third kappa shape index (κ3) is 2.34. The molecule has 20 heavy (non-hydrogen) atoms. The summed E-state index contributed by atoms with van der Waals surface area (Å²) in [5.74, 6) is -1.30. The Morgan fingerprint density at radius 1 is 1.00 bits per heavy atom. The smallest absolute Gasteiger partial charge is 0.164 e. The van der Waals surface area contributed by atoms with Crippen molar-refractivity contribution in [2.24, 2.45) is 0 Å². The van der Waals surface area contributed by atoms with E-state index < -0.39 is 17.7 Å². The van der Waals surface area contributed by atoms with Crippen LogP contribution in [0.3, 0.4) is 0 Å². The molecule has 1 fully saturated rings. The fraction of sp³-hybridized carbons (Fsp3) is 0.294. The summed E-state index contributed by atoms with van der Waals surface area (Å²) in [7, 11) is 0. The zero-order valence-corrected chi connectivity index (χ0v) is 11.0. The summed E-state index contributed by atoms with van der Waals surface area (Å²) in [5, 5.41) is 10.2. The van der Waals surface area contributed by atoms with Gasteiger partial charge < -0.3 is 5.11 Å². The molecule has 1 aliphatic rings. The second kappa shape index (κ2) is 5.33. The van der Waals surface area contributed by atoms with Gasteiger partial charge in [0.1, 0.15) is 6.10 Å². The lowest BCUT2D eigenvalue weighted by atomic mass is 9.80. The number of aliphatic hydroxyl groups excluding tert-OH is 1. The van der Waals surface area contributed by atoms with Gasteiger partial charge in [-0.3, -0.25) is 0 Å². The van der Waals surface area contributed by atoms with Crippen LogP contribution in [-0.4, -0.2) is 5.11 Å². The number of rotatable bonds is 3. The Morgan fingerprint density at radius 3 is 2.30 bits per heavy atom. The molecule has 0 radical (unpaired) electrons. The number of hydrogen-bond donors (Lipinski definition) is 1. The van der Waals surface area contributed by atoms with Crippen LogP contribution in [-0.2, 0) is 0 Å². The van der Waals surface area contributed by atoms with Crippen LogP contribution in [0.25, 0.3) is 0 Å². The highest BCUT2D eigenvalue weighted by Gasteiger charge is 2.21. The van der Waals surface area contributed by atoms with Gasteiger partial charge in [0.05, 0.1) is 0 Å². The molecular formula is C17H16F2O. The summed E-state index contributed by atoms with van der Waals surface area (Å²) in [4.78, 5) is 0. The van der Waals surface area contributed by atoms with E-state index in [0.717, 1.165) is 6.07 Å². The van der Waals surface area contributed by atoms with Crippen molar-refractivity contribution in [1.82, 2.24) is 0 Å². The Balaban J connectivity index is 1.86. The Hall–Kier alpha value is -1.74. The van der Waals surface area contributed by atoms with E-state index in [4.69, 9.17) is 0 Å². The first-order valence-electron chi connectivity index (χ1n) is 6.88. The number of hydrogen-bond acceptors (Lipinski definition) is 1. The lowest BCUT2D eigenvalue weighted by Crippen LogP contribution is -2.09. The highest BCUT2D eigenvalue weighted by Crippen LogP contribution is 2.37. The Morgan fingerprint density at radius 2 is 1.70 bits per heavy atom. The minimum Gasteiger partial charge on any atom is -0.384 e. The average Bonchev–Trinajstić information content (AvgIpc) is 2.40. The first-order chi connectivity index (χ1) is 9.66.